The number of carbonyl (C=O) groups excluding carboxylic acids is 2. The number of halogens is 1. The summed E-state index contributed by atoms with van der Waals surface area (Å²) in [5, 5.41) is 0.589. The molecule has 0 aliphatic carbocycles. The average molecular weight is 443 g/mol. The topological polar surface area (TPSA) is 65.9 Å². The van der Waals surface area contributed by atoms with Gasteiger partial charge in [-0.05, 0) is 30.5 Å². The Labute approximate surface area is 186 Å². The van der Waals surface area contributed by atoms with Crippen LogP contribution in [-0.2, 0) is 11.3 Å². The van der Waals surface area contributed by atoms with Crippen molar-refractivity contribution in [3.8, 4) is 0 Å². The maximum Gasteiger partial charge on any atom is 0.255 e. The van der Waals surface area contributed by atoms with E-state index in [1.807, 2.05) is 23.1 Å². The predicted molar refractivity (Wildman–Crippen MR) is 119 cm³/mol. The minimum atomic E-state index is -0.179. The number of hydrogen-bond donors (Lipinski definition) is 0. The highest BCUT2D eigenvalue weighted by Crippen LogP contribution is 2.16. The minimum Gasteiger partial charge on any atom is -0.342 e. The SMILES string of the molecule is O=C(CN1CCN(C(=O)c2ccc(=O)n(Cc3ccccc3Cl)c2)CC1)N1CCCC1. The molecule has 2 aliphatic heterocycles. The van der Waals surface area contributed by atoms with Gasteiger partial charge in [0.05, 0.1) is 18.7 Å². The normalized spacial score (nSPS) is 17.2. The van der Waals surface area contributed by atoms with E-state index in [1.165, 1.54) is 10.6 Å². The standard InChI is InChI=1S/C23H27ClN4O3/c24-20-6-2-1-5-18(20)15-28-16-19(7-8-21(28)29)23(31)27-13-11-25(12-14-27)17-22(30)26-9-3-4-10-26/h1-2,5-8,16H,3-4,9-15,17H2. The molecule has 2 aliphatic rings. The van der Waals surface area contributed by atoms with E-state index in [2.05, 4.69) is 4.90 Å². The van der Waals surface area contributed by atoms with Crippen LogP contribution in [-0.4, -0.2) is 76.9 Å². The lowest BCUT2D eigenvalue weighted by Gasteiger charge is -2.35. The van der Waals surface area contributed by atoms with Crippen LogP contribution >= 0.6 is 11.6 Å². The summed E-state index contributed by atoms with van der Waals surface area (Å²) in [7, 11) is 0. The highest BCUT2D eigenvalue weighted by Gasteiger charge is 2.26. The van der Waals surface area contributed by atoms with Crippen LogP contribution in [0.5, 0.6) is 0 Å². The fourth-order valence-electron chi connectivity index (χ4n) is 4.14. The van der Waals surface area contributed by atoms with Crippen LogP contribution in [0.25, 0.3) is 0 Å². The molecule has 0 bridgehead atoms. The van der Waals surface area contributed by atoms with Gasteiger partial charge in [-0.25, -0.2) is 0 Å². The van der Waals surface area contributed by atoms with E-state index in [0.29, 0.717) is 49.9 Å². The molecule has 8 heteroatoms. The molecule has 2 saturated heterocycles. The number of hydrogen-bond acceptors (Lipinski definition) is 4. The van der Waals surface area contributed by atoms with Gasteiger partial charge in [0.25, 0.3) is 11.5 Å². The van der Waals surface area contributed by atoms with E-state index < -0.39 is 0 Å². The van der Waals surface area contributed by atoms with Crippen molar-refractivity contribution in [2.45, 2.75) is 19.4 Å². The molecular formula is C23H27ClN4O3. The van der Waals surface area contributed by atoms with Crippen molar-refractivity contribution in [3.05, 3.63) is 69.1 Å². The summed E-state index contributed by atoms with van der Waals surface area (Å²) < 4.78 is 1.51. The second kappa shape index (κ2) is 9.66. The summed E-state index contributed by atoms with van der Waals surface area (Å²) in [6.45, 7) is 4.93. The van der Waals surface area contributed by atoms with Gasteiger partial charge in [-0.1, -0.05) is 29.8 Å². The zero-order valence-electron chi connectivity index (χ0n) is 17.5. The van der Waals surface area contributed by atoms with Gasteiger partial charge in [0.2, 0.25) is 5.91 Å². The molecule has 7 nitrogen and oxygen atoms in total. The molecule has 0 N–H and O–H groups in total. The van der Waals surface area contributed by atoms with Crippen LogP contribution < -0.4 is 5.56 Å². The molecule has 2 fully saturated rings. The molecule has 164 valence electrons. The molecule has 0 radical (unpaired) electrons. The molecule has 2 amide bonds. The fourth-order valence-corrected chi connectivity index (χ4v) is 4.34. The van der Waals surface area contributed by atoms with Gasteiger partial charge < -0.3 is 14.4 Å². The van der Waals surface area contributed by atoms with Crippen molar-refractivity contribution >= 4 is 23.4 Å². The van der Waals surface area contributed by atoms with Gasteiger partial charge in [-0.15, -0.1) is 0 Å². The highest BCUT2D eigenvalue weighted by atomic mass is 35.5. The van der Waals surface area contributed by atoms with Crippen molar-refractivity contribution in [3.63, 3.8) is 0 Å². The lowest BCUT2D eigenvalue weighted by molar-refractivity contribution is -0.131. The molecule has 3 heterocycles. The number of pyridine rings is 1. The van der Waals surface area contributed by atoms with E-state index in [-0.39, 0.29) is 17.4 Å². The van der Waals surface area contributed by atoms with Gasteiger partial charge in [0.1, 0.15) is 0 Å². The monoisotopic (exact) mass is 442 g/mol. The summed E-state index contributed by atoms with van der Waals surface area (Å²) in [4.78, 5) is 43.5. The Bertz CT molecular complexity index is 1010. The van der Waals surface area contributed by atoms with Gasteiger partial charge >= 0.3 is 0 Å². The molecule has 2 aromatic rings. The Balaban J connectivity index is 1.37. The van der Waals surface area contributed by atoms with Crippen molar-refractivity contribution in [2.24, 2.45) is 0 Å². The van der Waals surface area contributed by atoms with E-state index in [4.69, 9.17) is 11.6 Å². The maximum absolute atomic E-state index is 13.0. The van der Waals surface area contributed by atoms with E-state index in [0.717, 1.165) is 31.5 Å². The number of carbonyl (C=O) groups is 2. The Morgan fingerprint density at radius 2 is 1.58 bits per heavy atom. The molecule has 0 saturated carbocycles. The van der Waals surface area contributed by atoms with Crippen LogP contribution in [0.4, 0.5) is 0 Å². The van der Waals surface area contributed by atoms with Crippen molar-refractivity contribution in [2.75, 3.05) is 45.8 Å². The third kappa shape index (κ3) is 5.17. The molecule has 1 aromatic carbocycles. The Morgan fingerprint density at radius 1 is 0.871 bits per heavy atom. The number of likely N-dealkylation sites (tertiary alicyclic amines) is 1. The molecule has 31 heavy (non-hydrogen) atoms. The van der Waals surface area contributed by atoms with Crippen LogP contribution in [0.2, 0.25) is 5.02 Å². The first-order chi connectivity index (χ1) is 15.0. The van der Waals surface area contributed by atoms with Gasteiger partial charge in [0.15, 0.2) is 0 Å². The lowest BCUT2D eigenvalue weighted by atomic mass is 10.2. The van der Waals surface area contributed by atoms with Gasteiger partial charge in [-0.3, -0.25) is 19.3 Å². The van der Waals surface area contributed by atoms with E-state index >= 15 is 0 Å². The van der Waals surface area contributed by atoms with Crippen molar-refractivity contribution in [1.29, 1.82) is 0 Å². The Morgan fingerprint density at radius 3 is 2.29 bits per heavy atom. The third-order valence-electron chi connectivity index (χ3n) is 6.01. The van der Waals surface area contributed by atoms with E-state index in [9.17, 15) is 14.4 Å². The molecule has 4 rings (SSSR count). The number of nitrogens with zero attached hydrogens (tertiary/aromatic N) is 4. The number of piperazine rings is 1. The first-order valence-electron chi connectivity index (χ1n) is 10.7. The zero-order chi connectivity index (χ0) is 21.8. The zero-order valence-corrected chi connectivity index (χ0v) is 18.3. The Hall–Kier alpha value is -2.64. The first kappa shape index (κ1) is 21.6. The van der Waals surface area contributed by atoms with Crippen LogP contribution in [0, 0.1) is 0 Å². The van der Waals surface area contributed by atoms with E-state index in [1.54, 1.807) is 23.2 Å². The van der Waals surface area contributed by atoms with Crippen molar-refractivity contribution < 1.29 is 9.59 Å². The number of amides is 2. The highest BCUT2D eigenvalue weighted by molar-refractivity contribution is 6.31. The van der Waals surface area contributed by atoms with Crippen molar-refractivity contribution in [1.82, 2.24) is 19.3 Å². The molecular weight excluding hydrogens is 416 g/mol. The molecule has 0 spiro atoms. The second-order valence-corrected chi connectivity index (χ2v) is 8.54. The first-order valence-corrected chi connectivity index (χ1v) is 11.1. The maximum atomic E-state index is 13.0. The summed E-state index contributed by atoms with van der Waals surface area (Å²) in [6.07, 6.45) is 3.79. The summed E-state index contributed by atoms with van der Waals surface area (Å²) in [6, 6.07) is 10.4. The summed E-state index contributed by atoms with van der Waals surface area (Å²) in [5.74, 6) is 0.0855. The van der Waals surface area contributed by atoms with Crippen LogP contribution in [0.15, 0.2) is 47.4 Å². The minimum absolute atomic E-state index is 0.0987. The van der Waals surface area contributed by atoms with Gasteiger partial charge in [0, 0.05) is 56.6 Å². The smallest absolute Gasteiger partial charge is 0.255 e. The number of rotatable bonds is 5. The molecule has 1 aromatic heterocycles. The molecule has 0 atom stereocenters. The Kier molecular flexibility index (Phi) is 6.73. The lowest BCUT2D eigenvalue weighted by Crippen LogP contribution is -2.51. The third-order valence-corrected chi connectivity index (χ3v) is 6.37. The molecule has 0 unspecified atom stereocenters. The summed E-state index contributed by atoms with van der Waals surface area (Å²) in [5.41, 5.74) is 1.13. The fraction of sp³-hybridized carbons (Fsp3) is 0.435. The average Bonchev–Trinajstić information content (AvgIpc) is 3.32. The second-order valence-electron chi connectivity index (χ2n) is 8.13. The predicted octanol–water partition coefficient (Wildman–Crippen LogP) is 1.93. The number of benzene rings is 1. The van der Waals surface area contributed by atoms with Crippen LogP contribution in [0.1, 0.15) is 28.8 Å². The van der Waals surface area contributed by atoms with Crippen LogP contribution in [0.3, 0.4) is 0 Å². The summed E-state index contributed by atoms with van der Waals surface area (Å²) >= 11 is 6.22. The number of aromatic nitrogens is 1. The van der Waals surface area contributed by atoms with Gasteiger partial charge in [-0.2, -0.15) is 0 Å². The quantitative estimate of drug-likeness (QED) is 0.709. The largest absolute Gasteiger partial charge is 0.342 e.